The smallest absolute Gasteiger partial charge is 0.456 e. The Kier molecular flexibility index (Phi) is 4.63. The first-order valence-electron chi connectivity index (χ1n) is 6.20. The van der Waals surface area contributed by atoms with Crippen LogP contribution in [-0.4, -0.2) is 28.6 Å². The van der Waals surface area contributed by atoms with E-state index < -0.39 is 30.6 Å². The summed E-state index contributed by atoms with van der Waals surface area (Å²) in [5.74, 6) is -2.80. The fourth-order valence-corrected chi connectivity index (χ4v) is 1.52. The van der Waals surface area contributed by atoms with Gasteiger partial charge in [0.1, 0.15) is 0 Å². The van der Waals surface area contributed by atoms with Gasteiger partial charge in [0, 0.05) is 18.2 Å². The zero-order chi connectivity index (χ0) is 17.0. The van der Waals surface area contributed by atoms with E-state index in [9.17, 15) is 22.8 Å². The van der Waals surface area contributed by atoms with Crippen molar-refractivity contribution in [3.8, 4) is 11.4 Å². The zero-order valence-electron chi connectivity index (χ0n) is 11.7. The second-order valence-electron chi connectivity index (χ2n) is 4.33. The number of esters is 1. The Labute approximate surface area is 127 Å². The molecule has 0 saturated heterocycles. The summed E-state index contributed by atoms with van der Waals surface area (Å²) in [5.41, 5.74) is 0.646. The van der Waals surface area contributed by atoms with E-state index in [1.54, 1.807) is 0 Å². The molecule has 1 N–H and O–H groups in total. The summed E-state index contributed by atoms with van der Waals surface area (Å²) >= 11 is 0. The number of ether oxygens (including phenoxy) is 1. The Morgan fingerprint density at radius 3 is 2.43 bits per heavy atom. The monoisotopic (exact) mass is 329 g/mol. The number of hydrogen-bond donors (Lipinski definition) is 1. The third-order valence-corrected chi connectivity index (χ3v) is 2.50. The normalized spacial score (nSPS) is 11.1. The van der Waals surface area contributed by atoms with Gasteiger partial charge < -0.3 is 14.6 Å². The molecule has 7 nitrogen and oxygen atoms in total. The van der Waals surface area contributed by atoms with Crippen molar-refractivity contribution < 1.29 is 32.0 Å². The zero-order valence-corrected chi connectivity index (χ0v) is 11.7. The summed E-state index contributed by atoms with van der Waals surface area (Å²) in [6, 6.07) is 5.69. The van der Waals surface area contributed by atoms with Gasteiger partial charge >= 0.3 is 18.0 Å². The third kappa shape index (κ3) is 4.53. The number of nitrogens with zero attached hydrogens (tertiary/aromatic N) is 2. The quantitative estimate of drug-likeness (QED) is 0.865. The molecular formula is C13H10F3N3O4. The number of aromatic nitrogens is 2. The summed E-state index contributed by atoms with van der Waals surface area (Å²) in [5, 5.41) is 5.69. The molecule has 0 spiro atoms. The Morgan fingerprint density at radius 2 is 1.91 bits per heavy atom. The Morgan fingerprint density at radius 1 is 1.26 bits per heavy atom. The molecular weight excluding hydrogens is 319 g/mol. The van der Waals surface area contributed by atoms with E-state index in [1.165, 1.54) is 31.2 Å². The average molecular weight is 329 g/mol. The molecule has 1 aromatic carbocycles. The van der Waals surface area contributed by atoms with Gasteiger partial charge in [-0.15, -0.1) is 0 Å². The number of halogens is 3. The summed E-state index contributed by atoms with van der Waals surface area (Å²) in [4.78, 5) is 25.2. The fraction of sp³-hybridized carbons (Fsp3) is 0.231. The van der Waals surface area contributed by atoms with E-state index in [-0.39, 0.29) is 11.4 Å². The van der Waals surface area contributed by atoms with Crippen LogP contribution in [-0.2, 0) is 20.5 Å². The van der Waals surface area contributed by atoms with Gasteiger partial charge in [0.2, 0.25) is 5.82 Å². The minimum absolute atomic E-state index is 0.227. The highest BCUT2D eigenvalue weighted by molar-refractivity contribution is 5.92. The first-order chi connectivity index (χ1) is 10.8. The van der Waals surface area contributed by atoms with E-state index in [4.69, 9.17) is 0 Å². The summed E-state index contributed by atoms with van der Waals surface area (Å²) in [6.07, 6.45) is -4.71. The fourth-order valence-electron chi connectivity index (χ4n) is 1.52. The molecule has 2 aromatic rings. The van der Waals surface area contributed by atoms with Gasteiger partial charge in [-0.2, -0.15) is 18.2 Å². The van der Waals surface area contributed by atoms with E-state index in [0.29, 0.717) is 5.69 Å². The number of carbonyl (C=O) groups is 2. The van der Waals surface area contributed by atoms with E-state index in [1.807, 2.05) is 0 Å². The number of amides is 1. The van der Waals surface area contributed by atoms with Gasteiger partial charge in [0.25, 0.3) is 5.91 Å². The van der Waals surface area contributed by atoms with Crippen molar-refractivity contribution in [1.82, 2.24) is 10.1 Å². The lowest BCUT2D eigenvalue weighted by molar-refractivity contribution is -0.159. The molecule has 1 heterocycles. The molecule has 0 saturated carbocycles. The van der Waals surface area contributed by atoms with Gasteiger partial charge in [-0.05, 0) is 24.3 Å². The average Bonchev–Trinajstić information content (AvgIpc) is 2.96. The van der Waals surface area contributed by atoms with Crippen molar-refractivity contribution in [3.05, 3.63) is 30.2 Å². The highest BCUT2D eigenvalue weighted by Crippen LogP contribution is 2.29. The standard InChI is InChI=1S/C13H10F3N3O4/c1-7(20)22-6-10(21)17-9-4-2-8(3-5-9)11-18-12(23-19-11)13(14,15)16/h2-5H,6H2,1H3,(H,17,21). The molecule has 0 aliphatic carbocycles. The molecule has 0 atom stereocenters. The predicted octanol–water partition coefficient (Wildman–Crippen LogP) is 2.26. The van der Waals surface area contributed by atoms with Crippen molar-refractivity contribution in [3.63, 3.8) is 0 Å². The maximum atomic E-state index is 12.4. The van der Waals surface area contributed by atoms with Crippen molar-refractivity contribution >= 4 is 17.6 Å². The van der Waals surface area contributed by atoms with Crippen LogP contribution in [0.25, 0.3) is 11.4 Å². The van der Waals surface area contributed by atoms with Crippen LogP contribution in [0.15, 0.2) is 28.8 Å². The van der Waals surface area contributed by atoms with Crippen LogP contribution in [0, 0.1) is 0 Å². The molecule has 0 unspecified atom stereocenters. The molecule has 10 heteroatoms. The lowest BCUT2D eigenvalue weighted by Crippen LogP contribution is -2.19. The molecule has 0 radical (unpaired) electrons. The topological polar surface area (TPSA) is 94.3 Å². The molecule has 0 aliphatic rings. The number of nitrogens with one attached hydrogen (secondary N) is 1. The number of hydrogen-bond acceptors (Lipinski definition) is 6. The molecule has 23 heavy (non-hydrogen) atoms. The van der Waals surface area contributed by atoms with Crippen molar-refractivity contribution in [2.24, 2.45) is 0 Å². The lowest BCUT2D eigenvalue weighted by Gasteiger charge is -2.05. The lowest BCUT2D eigenvalue weighted by atomic mass is 10.2. The second-order valence-corrected chi connectivity index (χ2v) is 4.33. The molecule has 0 aliphatic heterocycles. The summed E-state index contributed by atoms with van der Waals surface area (Å²) < 4.78 is 45.8. The van der Waals surface area contributed by atoms with Crippen LogP contribution in [0.3, 0.4) is 0 Å². The first-order valence-corrected chi connectivity index (χ1v) is 6.20. The summed E-state index contributed by atoms with van der Waals surface area (Å²) in [7, 11) is 0. The molecule has 122 valence electrons. The van der Waals surface area contributed by atoms with Crippen LogP contribution >= 0.6 is 0 Å². The number of carbonyl (C=O) groups excluding carboxylic acids is 2. The third-order valence-electron chi connectivity index (χ3n) is 2.50. The Hall–Kier alpha value is -2.91. The minimum Gasteiger partial charge on any atom is -0.456 e. The van der Waals surface area contributed by atoms with E-state index in [0.717, 1.165) is 0 Å². The van der Waals surface area contributed by atoms with Crippen molar-refractivity contribution in [1.29, 1.82) is 0 Å². The van der Waals surface area contributed by atoms with Gasteiger partial charge in [0.15, 0.2) is 6.61 Å². The van der Waals surface area contributed by atoms with Crippen LogP contribution in [0.5, 0.6) is 0 Å². The van der Waals surface area contributed by atoms with Crippen LogP contribution < -0.4 is 5.32 Å². The Balaban J connectivity index is 2.03. The van der Waals surface area contributed by atoms with Crippen LogP contribution in [0.2, 0.25) is 0 Å². The SMILES string of the molecule is CC(=O)OCC(=O)Nc1ccc(-c2noc(C(F)(F)F)n2)cc1. The van der Waals surface area contributed by atoms with Gasteiger partial charge in [-0.3, -0.25) is 9.59 Å². The second kappa shape index (κ2) is 6.46. The molecule has 1 aromatic heterocycles. The van der Waals surface area contributed by atoms with Crippen LogP contribution in [0.4, 0.5) is 18.9 Å². The van der Waals surface area contributed by atoms with Gasteiger partial charge in [0.05, 0.1) is 0 Å². The number of anilines is 1. The maximum Gasteiger partial charge on any atom is 0.471 e. The van der Waals surface area contributed by atoms with Gasteiger partial charge in [-0.25, -0.2) is 0 Å². The molecule has 2 rings (SSSR count). The van der Waals surface area contributed by atoms with Crippen molar-refractivity contribution in [2.45, 2.75) is 13.1 Å². The molecule has 0 bridgehead atoms. The predicted molar refractivity (Wildman–Crippen MR) is 70.0 cm³/mol. The minimum atomic E-state index is -4.71. The Bertz CT molecular complexity index is 710. The first kappa shape index (κ1) is 16.5. The highest BCUT2D eigenvalue weighted by Gasteiger charge is 2.38. The van der Waals surface area contributed by atoms with Crippen LogP contribution in [0.1, 0.15) is 12.8 Å². The summed E-state index contributed by atoms with van der Waals surface area (Å²) in [6.45, 7) is 0.735. The number of rotatable bonds is 4. The van der Waals surface area contributed by atoms with Crippen molar-refractivity contribution in [2.75, 3.05) is 11.9 Å². The van der Waals surface area contributed by atoms with E-state index in [2.05, 4.69) is 24.7 Å². The van der Waals surface area contributed by atoms with Gasteiger partial charge in [-0.1, -0.05) is 5.16 Å². The van der Waals surface area contributed by atoms with E-state index >= 15 is 0 Å². The number of benzene rings is 1. The number of alkyl halides is 3. The maximum absolute atomic E-state index is 12.4. The molecule has 0 fully saturated rings. The highest BCUT2D eigenvalue weighted by atomic mass is 19.4. The molecule has 1 amide bonds. The largest absolute Gasteiger partial charge is 0.471 e.